The molecule has 0 saturated carbocycles. The first kappa shape index (κ1) is 17.5. The van der Waals surface area contributed by atoms with Gasteiger partial charge >= 0.3 is 0 Å². The summed E-state index contributed by atoms with van der Waals surface area (Å²) in [6.07, 6.45) is 1.01. The Labute approximate surface area is 127 Å². The second-order valence-electron chi connectivity index (χ2n) is 5.38. The van der Waals surface area contributed by atoms with Crippen LogP contribution in [0.4, 0.5) is 5.69 Å². The first-order chi connectivity index (χ1) is 9.95. The van der Waals surface area contributed by atoms with Crippen LogP contribution in [0.3, 0.4) is 0 Å². The minimum atomic E-state index is -0.218. The highest BCUT2D eigenvalue weighted by atomic mass is 16.5. The highest BCUT2D eigenvalue weighted by Crippen LogP contribution is 2.23. The molecule has 0 aliphatic rings. The lowest BCUT2D eigenvalue weighted by Crippen LogP contribution is -2.35. The van der Waals surface area contributed by atoms with Crippen LogP contribution < -0.4 is 15.8 Å². The zero-order valence-corrected chi connectivity index (χ0v) is 13.5. The fourth-order valence-electron chi connectivity index (χ4n) is 2.05. The number of nitrogens with two attached hydrogens (primary N) is 1. The van der Waals surface area contributed by atoms with Crippen LogP contribution >= 0.6 is 0 Å². The Bertz CT molecular complexity index is 461. The third-order valence-electron chi connectivity index (χ3n) is 3.22. The molecule has 0 heterocycles. The van der Waals surface area contributed by atoms with Gasteiger partial charge in [-0.25, -0.2) is 0 Å². The molecule has 1 unspecified atom stereocenters. The van der Waals surface area contributed by atoms with E-state index >= 15 is 0 Å². The van der Waals surface area contributed by atoms with Crippen molar-refractivity contribution in [2.24, 2.45) is 0 Å². The molecule has 0 radical (unpaired) electrons. The molecule has 1 atom stereocenters. The summed E-state index contributed by atoms with van der Waals surface area (Å²) in [6.45, 7) is 6.16. The normalized spacial score (nSPS) is 12.4. The average molecular weight is 293 g/mol. The van der Waals surface area contributed by atoms with Gasteiger partial charge in [0.05, 0.1) is 18.3 Å². The molecule has 5 heteroatoms. The molecular weight excluding hydrogens is 266 g/mol. The molecule has 0 spiro atoms. The molecule has 0 fully saturated rings. The number of Topliss-reactive ketones (excluding diaryl/α,β-unsaturated/α-hetero) is 1. The van der Waals surface area contributed by atoms with Gasteiger partial charge in [0.25, 0.3) is 0 Å². The summed E-state index contributed by atoms with van der Waals surface area (Å²) in [7, 11) is 4.08. The van der Waals surface area contributed by atoms with Gasteiger partial charge in [0.2, 0.25) is 0 Å². The maximum Gasteiger partial charge on any atom is 0.179 e. The van der Waals surface area contributed by atoms with Crippen molar-refractivity contribution < 1.29 is 9.53 Å². The molecule has 0 aliphatic carbocycles. The van der Waals surface area contributed by atoms with Gasteiger partial charge in [-0.05, 0) is 65.7 Å². The smallest absolute Gasteiger partial charge is 0.179 e. The zero-order valence-electron chi connectivity index (χ0n) is 13.5. The summed E-state index contributed by atoms with van der Waals surface area (Å²) in [5, 5.41) is 3.25. The fourth-order valence-corrected chi connectivity index (χ4v) is 2.05. The highest BCUT2D eigenvalue weighted by Gasteiger charge is 2.15. The van der Waals surface area contributed by atoms with E-state index in [0.29, 0.717) is 23.6 Å². The molecule has 3 N–H and O–H groups in total. The number of ketones is 1. The van der Waals surface area contributed by atoms with E-state index in [0.717, 1.165) is 19.5 Å². The van der Waals surface area contributed by atoms with Crippen molar-refractivity contribution in [2.45, 2.75) is 26.3 Å². The van der Waals surface area contributed by atoms with Crippen molar-refractivity contribution in [3.05, 3.63) is 23.8 Å². The molecular formula is C16H27N3O2. The molecule has 0 saturated heterocycles. The predicted octanol–water partition coefficient (Wildman–Crippen LogP) is 1.78. The predicted molar refractivity (Wildman–Crippen MR) is 87.0 cm³/mol. The van der Waals surface area contributed by atoms with Gasteiger partial charge in [-0.1, -0.05) is 0 Å². The van der Waals surface area contributed by atoms with Crippen LogP contribution in [-0.2, 0) is 0 Å². The molecule has 21 heavy (non-hydrogen) atoms. The Kier molecular flexibility index (Phi) is 7.19. The topological polar surface area (TPSA) is 67.6 Å². The number of carbonyl (C=O) groups is 1. The molecule has 5 nitrogen and oxygen atoms in total. The maximum absolute atomic E-state index is 12.3. The summed E-state index contributed by atoms with van der Waals surface area (Å²) in [6, 6.07) is 4.99. The van der Waals surface area contributed by atoms with E-state index in [1.165, 1.54) is 0 Å². The Morgan fingerprint density at radius 1 is 1.43 bits per heavy atom. The largest absolute Gasteiger partial charge is 0.492 e. The summed E-state index contributed by atoms with van der Waals surface area (Å²) in [5.74, 6) is 0.676. The van der Waals surface area contributed by atoms with Gasteiger partial charge in [0.15, 0.2) is 5.78 Å². The maximum atomic E-state index is 12.3. The summed E-state index contributed by atoms with van der Waals surface area (Å²) in [4.78, 5) is 14.5. The molecule has 0 aromatic heterocycles. The van der Waals surface area contributed by atoms with E-state index in [1.54, 1.807) is 18.2 Å². The van der Waals surface area contributed by atoms with Crippen molar-refractivity contribution in [1.29, 1.82) is 0 Å². The van der Waals surface area contributed by atoms with Gasteiger partial charge < -0.3 is 20.7 Å². The Morgan fingerprint density at radius 2 is 2.14 bits per heavy atom. The number of nitrogen functional groups attached to an aromatic ring is 1. The van der Waals surface area contributed by atoms with Gasteiger partial charge in [0.1, 0.15) is 5.75 Å². The van der Waals surface area contributed by atoms with Gasteiger partial charge in [-0.2, -0.15) is 0 Å². The number of hydrogen-bond donors (Lipinski definition) is 2. The number of hydrogen-bond acceptors (Lipinski definition) is 5. The van der Waals surface area contributed by atoms with Gasteiger partial charge in [-0.3, -0.25) is 4.79 Å². The SMILES string of the molecule is CCOc1ccc(C(=O)C(C)NCCCN(C)C)cc1N. The Morgan fingerprint density at radius 3 is 2.71 bits per heavy atom. The lowest BCUT2D eigenvalue weighted by Gasteiger charge is -2.15. The molecule has 1 aromatic carbocycles. The first-order valence-electron chi connectivity index (χ1n) is 7.40. The number of carbonyl (C=O) groups excluding carboxylic acids is 1. The standard InChI is InChI=1S/C16H27N3O2/c1-5-21-15-8-7-13(11-14(15)17)16(20)12(2)18-9-6-10-19(3)4/h7-8,11-12,18H,5-6,9-10,17H2,1-4H3. The van der Waals surface area contributed by atoms with E-state index < -0.39 is 0 Å². The second kappa shape index (κ2) is 8.64. The summed E-state index contributed by atoms with van der Waals surface area (Å²) < 4.78 is 5.38. The lowest BCUT2D eigenvalue weighted by molar-refractivity contribution is 0.0951. The number of rotatable bonds is 9. The Hall–Kier alpha value is -1.59. The van der Waals surface area contributed by atoms with Crippen LogP contribution in [0.2, 0.25) is 0 Å². The van der Waals surface area contributed by atoms with Crippen molar-refractivity contribution in [3.8, 4) is 5.75 Å². The zero-order chi connectivity index (χ0) is 15.8. The average Bonchev–Trinajstić information content (AvgIpc) is 2.44. The first-order valence-corrected chi connectivity index (χ1v) is 7.40. The monoisotopic (exact) mass is 293 g/mol. The van der Waals surface area contributed by atoms with E-state index in [1.807, 2.05) is 27.9 Å². The third kappa shape index (κ3) is 5.73. The lowest BCUT2D eigenvalue weighted by atomic mass is 10.0. The molecule has 0 bridgehead atoms. The number of anilines is 1. The van der Waals surface area contributed by atoms with E-state index in [-0.39, 0.29) is 11.8 Å². The third-order valence-corrected chi connectivity index (χ3v) is 3.22. The Balaban J connectivity index is 2.55. The van der Waals surface area contributed by atoms with E-state index in [2.05, 4.69) is 10.2 Å². The molecule has 1 aromatic rings. The minimum absolute atomic E-state index is 0.0506. The molecule has 1 rings (SSSR count). The van der Waals surface area contributed by atoms with Crippen LogP contribution in [0, 0.1) is 0 Å². The van der Waals surface area contributed by atoms with Crippen LogP contribution in [0.1, 0.15) is 30.6 Å². The molecule has 0 aliphatic heterocycles. The fraction of sp³-hybridized carbons (Fsp3) is 0.562. The van der Waals surface area contributed by atoms with Crippen LogP contribution in [-0.4, -0.2) is 50.5 Å². The van der Waals surface area contributed by atoms with E-state index in [9.17, 15) is 4.79 Å². The van der Waals surface area contributed by atoms with Crippen LogP contribution in [0.5, 0.6) is 5.75 Å². The van der Waals surface area contributed by atoms with Crippen molar-refractivity contribution >= 4 is 11.5 Å². The number of nitrogens with zero attached hydrogens (tertiary/aromatic N) is 1. The van der Waals surface area contributed by atoms with Crippen molar-refractivity contribution in [1.82, 2.24) is 10.2 Å². The van der Waals surface area contributed by atoms with Gasteiger partial charge in [-0.15, -0.1) is 0 Å². The quantitative estimate of drug-likeness (QED) is 0.413. The summed E-state index contributed by atoms with van der Waals surface area (Å²) >= 11 is 0. The number of benzene rings is 1. The second-order valence-corrected chi connectivity index (χ2v) is 5.38. The van der Waals surface area contributed by atoms with Crippen LogP contribution in [0.15, 0.2) is 18.2 Å². The number of nitrogens with one attached hydrogen (secondary N) is 1. The number of ether oxygens (including phenoxy) is 1. The minimum Gasteiger partial charge on any atom is -0.492 e. The molecule has 118 valence electrons. The molecule has 0 amide bonds. The highest BCUT2D eigenvalue weighted by molar-refractivity contribution is 6.00. The summed E-state index contributed by atoms with van der Waals surface area (Å²) in [5.41, 5.74) is 7.01. The van der Waals surface area contributed by atoms with Crippen molar-refractivity contribution in [3.63, 3.8) is 0 Å². The van der Waals surface area contributed by atoms with Crippen LogP contribution in [0.25, 0.3) is 0 Å². The van der Waals surface area contributed by atoms with E-state index in [4.69, 9.17) is 10.5 Å². The van der Waals surface area contributed by atoms with Crippen molar-refractivity contribution in [2.75, 3.05) is 39.5 Å². The van der Waals surface area contributed by atoms with Gasteiger partial charge in [0, 0.05) is 5.56 Å².